The number of aromatic nitrogens is 1. The van der Waals surface area contributed by atoms with Gasteiger partial charge in [0.2, 0.25) is 0 Å². The molecule has 1 aromatic carbocycles. The van der Waals surface area contributed by atoms with Gasteiger partial charge in [0, 0.05) is 45.0 Å². The summed E-state index contributed by atoms with van der Waals surface area (Å²) in [5.74, 6) is 0.313. The van der Waals surface area contributed by atoms with Gasteiger partial charge in [0.15, 0.2) is 5.78 Å². The maximum atomic E-state index is 13.0. The zero-order chi connectivity index (χ0) is 17.5. The Kier molecular flexibility index (Phi) is 6.31. The standard InChI is InChI=1S/C21H27N3O/c1-23-13-15-24(16-14-23)21(19-10-6-12-22-17-19)20(25)11-5-9-18-7-3-2-4-8-18/h2-4,6-8,10,12,17,21H,5,9,11,13-16H2,1H3. The molecule has 0 bridgehead atoms. The Hall–Kier alpha value is -2.04. The maximum Gasteiger partial charge on any atom is 0.154 e. The number of rotatable bonds is 7. The van der Waals surface area contributed by atoms with Gasteiger partial charge in [0.1, 0.15) is 0 Å². The number of pyridine rings is 1. The van der Waals surface area contributed by atoms with Crippen molar-refractivity contribution in [3.05, 3.63) is 66.0 Å². The van der Waals surface area contributed by atoms with Gasteiger partial charge in [0.25, 0.3) is 0 Å². The Morgan fingerprint density at radius 1 is 1.08 bits per heavy atom. The Labute approximate surface area is 150 Å². The van der Waals surface area contributed by atoms with Gasteiger partial charge in [-0.1, -0.05) is 36.4 Å². The highest BCUT2D eigenvalue weighted by Crippen LogP contribution is 2.24. The molecule has 1 unspecified atom stereocenters. The zero-order valence-electron chi connectivity index (χ0n) is 15.0. The summed E-state index contributed by atoms with van der Waals surface area (Å²) in [5, 5.41) is 0. The van der Waals surface area contributed by atoms with Crippen molar-refractivity contribution in [1.82, 2.24) is 14.8 Å². The van der Waals surface area contributed by atoms with Crippen LogP contribution >= 0.6 is 0 Å². The number of likely N-dealkylation sites (N-methyl/N-ethyl adjacent to an activating group) is 1. The van der Waals surface area contributed by atoms with Crippen molar-refractivity contribution in [2.45, 2.75) is 25.3 Å². The molecule has 2 aromatic rings. The van der Waals surface area contributed by atoms with Crippen molar-refractivity contribution in [2.24, 2.45) is 0 Å². The molecule has 3 rings (SSSR count). The van der Waals surface area contributed by atoms with Crippen molar-refractivity contribution < 1.29 is 4.79 Å². The second kappa shape index (κ2) is 8.88. The molecule has 132 valence electrons. The Bertz CT molecular complexity index is 651. The van der Waals surface area contributed by atoms with Crippen molar-refractivity contribution in [3.8, 4) is 0 Å². The van der Waals surface area contributed by atoms with Crippen molar-refractivity contribution in [1.29, 1.82) is 0 Å². The number of aryl methyl sites for hydroxylation is 1. The van der Waals surface area contributed by atoms with E-state index in [-0.39, 0.29) is 6.04 Å². The van der Waals surface area contributed by atoms with Crippen LogP contribution in [0, 0.1) is 0 Å². The average Bonchev–Trinajstić information content (AvgIpc) is 2.65. The first-order valence-corrected chi connectivity index (χ1v) is 9.13. The van der Waals surface area contributed by atoms with Crippen LogP contribution in [-0.4, -0.2) is 53.8 Å². The normalized spacial score (nSPS) is 17.3. The predicted molar refractivity (Wildman–Crippen MR) is 100 cm³/mol. The minimum absolute atomic E-state index is 0.154. The van der Waals surface area contributed by atoms with Gasteiger partial charge in [-0.2, -0.15) is 0 Å². The summed E-state index contributed by atoms with van der Waals surface area (Å²) < 4.78 is 0. The van der Waals surface area contributed by atoms with Gasteiger partial charge in [-0.05, 0) is 37.1 Å². The van der Waals surface area contributed by atoms with Crippen LogP contribution in [-0.2, 0) is 11.2 Å². The summed E-state index contributed by atoms with van der Waals surface area (Å²) in [6.07, 6.45) is 6.08. The fraction of sp³-hybridized carbons (Fsp3) is 0.429. The second-order valence-electron chi connectivity index (χ2n) is 6.83. The molecular weight excluding hydrogens is 310 g/mol. The summed E-state index contributed by atoms with van der Waals surface area (Å²) in [4.78, 5) is 21.9. The first kappa shape index (κ1) is 17.8. The molecule has 1 aromatic heterocycles. The summed E-state index contributed by atoms with van der Waals surface area (Å²) in [6.45, 7) is 3.88. The summed E-state index contributed by atoms with van der Waals surface area (Å²) in [5.41, 5.74) is 2.32. The van der Waals surface area contributed by atoms with Crippen LogP contribution in [0.3, 0.4) is 0 Å². The van der Waals surface area contributed by atoms with Crippen LogP contribution in [0.1, 0.15) is 30.0 Å². The number of piperazine rings is 1. The first-order valence-electron chi connectivity index (χ1n) is 9.13. The molecule has 4 nitrogen and oxygen atoms in total. The molecule has 0 N–H and O–H groups in total. The van der Waals surface area contributed by atoms with E-state index in [1.54, 1.807) is 6.20 Å². The minimum Gasteiger partial charge on any atom is -0.304 e. The molecule has 1 aliphatic rings. The van der Waals surface area contributed by atoms with Crippen LogP contribution in [0.2, 0.25) is 0 Å². The largest absolute Gasteiger partial charge is 0.304 e. The first-order chi connectivity index (χ1) is 12.2. The third-order valence-electron chi connectivity index (χ3n) is 4.94. The number of hydrogen-bond acceptors (Lipinski definition) is 4. The fourth-order valence-electron chi connectivity index (χ4n) is 3.47. The van der Waals surface area contributed by atoms with E-state index in [4.69, 9.17) is 0 Å². The van der Waals surface area contributed by atoms with E-state index in [0.29, 0.717) is 12.2 Å². The minimum atomic E-state index is -0.154. The van der Waals surface area contributed by atoms with E-state index in [2.05, 4.69) is 46.1 Å². The van der Waals surface area contributed by atoms with Crippen molar-refractivity contribution in [3.63, 3.8) is 0 Å². The van der Waals surface area contributed by atoms with Crippen LogP contribution in [0.25, 0.3) is 0 Å². The molecule has 1 fully saturated rings. The zero-order valence-corrected chi connectivity index (χ0v) is 15.0. The van der Waals surface area contributed by atoms with Gasteiger partial charge in [-0.3, -0.25) is 14.7 Å². The number of benzene rings is 1. The number of nitrogens with zero attached hydrogens (tertiary/aromatic N) is 3. The van der Waals surface area contributed by atoms with Gasteiger partial charge in [-0.25, -0.2) is 0 Å². The average molecular weight is 337 g/mol. The van der Waals surface area contributed by atoms with E-state index < -0.39 is 0 Å². The molecule has 0 radical (unpaired) electrons. The Balaban J connectivity index is 1.65. The van der Waals surface area contributed by atoms with Gasteiger partial charge in [-0.15, -0.1) is 0 Å². The highest BCUT2D eigenvalue weighted by molar-refractivity contribution is 5.85. The number of ketones is 1. The highest BCUT2D eigenvalue weighted by atomic mass is 16.1. The van der Waals surface area contributed by atoms with E-state index in [9.17, 15) is 4.79 Å². The van der Waals surface area contributed by atoms with Crippen LogP contribution in [0.15, 0.2) is 54.9 Å². The topological polar surface area (TPSA) is 36.4 Å². The van der Waals surface area contributed by atoms with Crippen LogP contribution in [0.5, 0.6) is 0 Å². The lowest BCUT2D eigenvalue weighted by Crippen LogP contribution is -2.47. The fourth-order valence-corrected chi connectivity index (χ4v) is 3.47. The predicted octanol–water partition coefficient (Wildman–Crippen LogP) is 2.96. The monoisotopic (exact) mass is 337 g/mol. The third-order valence-corrected chi connectivity index (χ3v) is 4.94. The van der Waals surface area contributed by atoms with Crippen molar-refractivity contribution in [2.75, 3.05) is 33.2 Å². The van der Waals surface area contributed by atoms with Gasteiger partial charge < -0.3 is 4.90 Å². The molecule has 4 heteroatoms. The number of hydrogen-bond donors (Lipinski definition) is 0. The van der Waals surface area contributed by atoms with E-state index in [1.807, 2.05) is 24.4 Å². The molecule has 0 spiro atoms. The second-order valence-corrected chi connectivity index (χ2v) is 6.83. The Morgan fingerprint density at radius 2 is 1.84 bits per heavy atom. The highest BCUT2D eigenvalue weighted by Gasteiger charge is 2.29. The van der Waals surface area contributed by atoms with E-state index in [1.165, 1.54) is 5.56 Å². The smallest absolute Gasteiger partial charge is 0.154 e. The molecule has 0 aliphatic carbocycles. The summed E-state index contributed by atoms with van der Waals surface area (Å²) in [7, 11) is 2.14. The number of Topliss-reactive ketones (excluding diaryl/α,β-unsaturated/α-hetero) is 1. The lowest BCUT2D eigenvalue weighted by Gasteiger charge is -2.37. The van der Waals surface area contributed by atoms with Crippen molar-refractivity contribution >= 4 is 5.78 Å². The molecular formula is C21H27N3O. The SMILES string of the molecule is CN1CCN(C(C(=O)CCCc2ccccc2)c2cccnc2)CC1. The molecule has 0 amide bonds. The third kappa shape index (κ3) is 4.97. The summed E-state index contributed by atoms with van der Waals surface area (Å²) in [6, 6.07) is 14.2. The molecule has 1 saturated heterocycles. The number of carbonyl (C=O) groups is 1. The molecule has 0 saturated carbocycles. The van der Waals surface area contributed by atoms with Crippen LogP contribution in [0.4, 0.5) is 0 Å². The molecule has 2 heterocycles. The molecule has 1 aliphatic heterocycles. The van der Waals surface area contributed by atoms with Gasteiger partial charge >= 0.3 is 0 Å². The number of carbonyl (C=O) groups excluding carboxylic acids is 1. The van der Waals surface area contributed by atoms with E-state index >= 15 is 0 Å². The lowest BCUT2D eigenvalue weighted by atomic mass is 9.97. The Morgan fingerprint density at radius 3 is 2.52 bits per heavy atom. The van der Waals surface area contributed by atoms with Crippen LogP contribution < -0.4 is 0 Å². The maximum absolute atomic E-state index is 13.0. The molecule has 1 atom stereocenters. The molecule has 25 heavy (non-hydrogen) atoms. The van der Waals surface area contributed by atoms with Gasteiger partial charge in [0.05, 0.1) is 6.04 Å². The lowest BCUT2D eigenvalue weighted by molar-refractivity contribution is -0.125. The summed E-state index contributed by atoms with van der Waals surface area (Å²) >= 11 is 0. The van der Waals surface area contributed by atoms with E-state index in [0.717, 1.165) is 44.6 Å². The quantitative estimate of drug-likeness (QED) is 0.778.